The quantitative estimate of drug-likeness (QED) is 0.864. The smallest absolute Gasteiger partial charge is 0.366 e. The standard InChI is InChI=1S/C18H17F3N6O/c1-10-2-5-14(23-9-10)17(12-3-4-12)7-11(15(22)28)6-13(8-17)27-16(18(19,20)21)24-25-26-27/h2,5-6,8-9,12H,3-4,7H2,1H3,(H2,22,28). The van der Waals surface area contributed by atoms with Crippen molar-refractivity contribution in [2.24, 2.45) is 11.7 Å². The number of primary amides is 1. The van der Waals surface area contributed by atoms with Crippen molar-refractivity contribution < 1.29 is 18.0 Å². The van der Waals surface area contributed by atoms with Gasteiger partial charge in [-0.2, -0.15) is 17.9 Å². The van der Waals surface area contributed by atoms with Crippen LogP contribution in [0.25, 0.3) is 5.70 Å². The van der Waals surface area contributed by atoms with Gasteiger partial charge in [0.05, 0.1) is 11.4 Å². The van der Waals surface area contributed by atoms with E-state index in [-0.39, 0.29) is 23.6 Å². The zero-order chi connectivity index (χ0) is 20.1. The predicted octanol–water partition coefficient (Wildman–Crippen LogP) is 2.40. The minimum atomic E-state index is -4.74. The molecule has 0 aliphatic heterocycles. The van der Waals surface area contributed by atoms with Crippen LogP contribution in [0, 0.1) is 12.8 Å². The van der Waals surface area contributed by atoms with Crippen LogP contribution in [0.1, 0.15) is 36.3 Å². The third-order valence-electron chi connectivity index (χ3n) is 5.19. The molecule has 1 amide bonds. The van der Waals surface area contributed by atoms with Crippen LogP contribution in [0.4, 0.5) is 13.2 Å². The fraction of sp³-hybridized carbons (Fsp3) is 0.389. The largest absolute Gasteiger partial charge is 0.453 e. The molecular formula is C18H17F3N6O. The Balaban J connectivity index is 1.91. The van der Waals surface area contributed by atoms with Crippen molar-refractivity contribution in [2.75, 3.05) is 0 Å². The van der Waals surface area contributed by atoms with Gasteiger partial charge in [0.25, 0.3) is 5.82 Å². The van der Waals surface area contributed by atoms with Gasteiger partial charge in [-0.3, -0.25) is 9.78 Å². The molecular weight excluding hydrogens is 373 g/mol. The SMILES string of the molecule is Cc1ccc(C2(C3CC3)C=C(n3nnnc3C(F)(F)F)C=C(C(N)=O)C2)nc1. The summed E-state index contributed by atoms with van der Waals surface area (Å²) in [5, 5.41) is 9.77. The highest BCUT2D eigenvalue weighted by Crippen LogP contribution is 2.53. The van der Waals surface area contributed by atoms with E-state index in [0.717, 1.165) is 18.4 Å². The zero-order valence-electron chi connectivity index (χ0n) is 14.9. The number of rotatable bonds is 4. The van der Waals surface area contributed by atoms with Crippen LogP contribution < -0.4 is 5.73 Å². The maximum absolute atomic E-state index is 13.3. The first-order valence-electron chi connectivity index (χ1n) is 8.73. The van der Waals surface area contributed by atoms with Crippen LogP contribution in [0.2, 0.25) is 0 Å². The van der Waals surface area contributed by atoms with Gasteiger partial charge in [0, 0.05) is 17.2 Å². The average Bonchev–Trinajstić information content (AvgIpc) is 3.37. The number of aryl methyl sites for hydroxylation is 1. The monoisotopic (exact) mass is 390 g/mol. The third-order valence-corrected chi connectivity index (χ3v) is 5.19. The van der Waals surface area contributed by atoms with Gasteiger partial charge in [-0.15, -0.1) is 5.10 Å². The molecule has 4 rings (SSSR count). The average molecular weight is 390 g/mol. The molecule has 7 nitrogen and oxygen atoms in total. The highest BCUT2D eigenvalue weighted by molar-refractivity contribution is 5.95. The van der Waals surface area contributed by atoms with Crippen molar-refractivity contribution in [1.29, 1.82) is 0 Å². The molecule has 0 bridgehead atoms. The lowest BCUT2D eigenvalue weighted by Gasteiger charge is -2.34. The van der Waals surface area contributed by atoms with Crippen molar-refractivity contribution in [1.82, 2.24) is 25.2 Å². The lowest BCUT2D eigenvalue weighted by molar-refractivity contribution is -0.146. The summed E-state index contributed by atoms with van der Waals surface area (Å²) in [5.74, 6) is -1.81. The first-order chi connectivity index (χ1) is 13.2. The molecule has 2 aliphatic rings. The van der Waals surface area contributed by atoms with Gasteiger partial charge < -0.3 is 5.73 Å². The number of halogens is 3. The predicted molar refractivity (Wildman–Crippen MR) is 92.4 cm³/mol. The summed E-state index contributed by atoms with van der Waals surface area (Å²) < 4.78 is 40.5. The number of nitrogens with two attached hydrogens (primary N) is 1. The summed E-state index contributed by atoms with van der Waals surface area (Å²) in [6.07, 6.45) is 2.01. The van der Waals surface area contributed by atoms with Gasteiger partial charge in [0.15, 0.2) is 0 Å². The third kappa shape index (κ3) is 3.08. The topological polar surface area (TPSA) is 99.6 Å². The number of carbonyl (C=O) groups excluding carboxylic acids is 1. The van der Waals surface area contributed by atoms with Crippen LogP contribution >= 0.6 is 0 Å². The van der Waals surface area contributed by atoms with Crippen molar-refractivity contribution in [2.45, 2.75) is 37.8 Å². The summed E-state index contributed by atoms with van der Waals surface area (Å²) in [7, 11) is 0. The second-order valence-electron chi connectivity index (χ2n) is 7.23. The molecule has 2 aliphatic carbocycles. The van der Waals surface area contributed by atoms with Gasteiger partial charge >= 0.3 is 6.18 Å². The van der Waals surface area contributed by atoms with E-state index >= 15 is 0 Å². The summed E-state index contributed by atoms with van der Waals surface area (Å²) in [4.78, 5) is 16.5. The minimum absolute atomic E-state index is 0.0617. The Labute approximate surface area is 158 Å². The number of alkyl halides is 3. The van der Waals surface area contributed by atoms with Crippen LogP contribution in [0.5, 0.6) is 0 Å². The van der Waals surface area contributed by atoms with Crippen molar-refractivity contribution in [3.05, 3.63) is 53.1 Å². The molecule has 2 N–H and O–H groups in total. The minimum Gasteiger partial charge on any atom is -0.366 e. The molecule has 0 spiro atoms. The second kappa shape index (κ2) is 6.25. The van der Waals surface area contributed by atoms with Crippen LogP contribution in [-0.2, 0) is 16.4 Å². The Morgan fingerprint density at radius 3 is 2.64 bits per heavy atom. The first-order valence-corrected chi connectivity index (χ1v) is 8.73. The van der Waals surface area contributed by atoms with Crippen molar-refractivity contribution in [3.8, 4) is 0 Å². The summed E-state index contributed by atoms with van der Waals surface area (Å²) >= 11 is 0. The van der Waals surface area contributed by atoms with Gasteiger partial charge in [0.1, 0.15) is 0 Å². The van der Waals surface area contributed by atoms with E-state index in [2.05, 4.69) is 20.5 Å². The van der Waals surface area contributed by atoms with Gasteiger partial charge in [-0.1, -0.05) is 6.07 Å². The molecule has 0 radical (unpaired) electrons. The maximum atomic E-state index is 13.3. The van der Waals surface area contributed by atoms with Crippen LogP contribution in [-0.4, -0.2) is 31.1 Å². The molecule has 2 aromatic rings. The molecule has 1 unspecified atom stereocenters. The molecule has 10 heteroatoms. The number of hydrogen-bond donors (Lipinski definition) is 1. The first kappa shape index (κ1) is 18.3. The van der Waals surface area contributed by atoms with Gasteiger partial charge in [-0.05, 0) is 66.3 Å². The summed E-state index contributed by atoms with van der Waals surface area (Å²) in [5.41, 5.74) is 6.70. The molecule has 28 heavy (non-hydrogen) atoms. The Hall–Kier alpha value is -3.04. The number of carbonyl (C=O) groups is 1. The van der Waals surface area contributed by atoms with Crippen molar-refractivity contribution >= 4 is 11.6 Å². The van der Waals surface area contributed by atoms with Gasteiger partial charge in [-0.25, -0.2) is 0 Å². The Morgan fingerprint density at radius 1 is 1.32 bits per heavy atom. The normalized spacial score (nSPS) is 22.6. The number of nitrogens with zero attached hydrogens (tertiary/aromatic N) is 5. The number of aromatic nitrogens is 5. The highest BCUT2D eigenvalue weighted by atomic mass is 19.4. The molecule has 0 aromatic carbocycles. The van der Waals surface area contributed by atoms with Crippen LogP contribution in [0.15, 0.2) is 36.1 Å². The second-order valence-corrected chi connectivity index (χ2v) is 7.23. The fourth-order valence-corrected chi connectivity index (χ4v) is 3.70. The molecule has 1 fully saturated rings. The maximum Gasteiger partial charge on any atom is 0.453 e. The number of tetrazole rings is 1. The Kier molecular flexibility index (Phi) is 4.09. The fourth-order valence-electron chi connectivity index (χ4n) is 3.70. The zero-order valence-corrected chi connectivity index (χ0v) is 14.9. The van der Waals surface area contributed by atoms with Gasteiger partial charge in [0.2, 0.25) is 5.91 Å². The number of pyridine rings is 1. The van der Waals surface area contributed by atoms with Crippen LogP contribution in [0.3, 0.4) is 0 Å². The number of allylic oxidation sites excluding steroid dienone is 3. The number of hydrogen-bond acceptors (Lipinski definition) is 5. The van der Waals surface area contributed by atoms with Crippen molar-refractivity contribution in [3.63, 3.8) is 0 Å². The molecule has 146 valence electrons. The molecule has 1 saturated carbocycles. The van der Waals surface area contributed by atoms with E-state index < -0.39 is 23.3 Å². The molecule has 1 atom stereocenters. The lowest BCUT2D eigenvalue weighted by atomic mass is 9.70. The molecule has 0 saturated heterocycles. The molecule has 2 heterocycles. The number of amides is 1. The lowest BCUT2D eigenvalue weighted by Crippen LogP contribution is -2.34. The van der Waals surface area contributed by atoms with E-state index in [9.17, 15) is 18.0 Å². The van der Waals surface area contributed by atoms with E-state index in [0.29, 0.717) is 10.4 Å². The van der Waals surface area contributed by atoms with E-state index in [1.807, 2.05) is 19.1 Å². The summed E-state index contributed by atoms with van der Waals surface area (Å²) in [6, 6.07) is 3.73. The van der Waals surface area contributed by atoms with E-state index in [1.54, 1.807) is 12.3 Å². The Morgan fingerprint density at radius 2 is 2.07 bits per heavy atom. The highest BCUT2D eigenvalue weighted by Gasteiger charge is 2.49. The van der Waals surface area contributed by atoms with E-state index in [4.69, 9.17) is 5.73 Å². The molecule has 2 aromatic heterocycles. The Bertz CT molecular complexity index is 987. The summed E-state index contributed by atoms with van der Waals surface area (Å²) in [6.45, 7) is 1.90. The van der Waals surface area contributed by atoms with E-state index in [1.165, 1.54) is 6.08 Å².